The van der Waals surface area contributed by atoms with E-state index in [2.05, 4.69) is 49.8 Å². The van der Waals surface area contributed by atoms with Gasteiger partial charge in [-0.3, -0.25) is 0 Å². The van der Waals surface area contributed by atoms with Gasteiger partial charge < -0.3 is 31.2 Å². The molecule has 0 nitrogen and oxygen atoms in total. The van der Waals surface area contributed by atoms with Gasteiger partial charge in [-0.2, -0.15) is 5.92 Å². The predicted molar refractivity (Wildman–Crippen MR) is 113 cm³/mol. The fraction of sp³-hybridized carbons (Fsp3) is 0.615. The van der Waals surface area contributed by atoms with Crippen molar-refractivity contribution in [3.05, 3.63) is 54.0 Å². The van der Waals surface area contributed by atoms with Crippen molar-refractivity contribution in [2.75, 3.05) is 0 Å². The number of allylic oxidation sites excluding steroid dienone is 8. The van der Waals surface area contributed by atoms with Gasteiger partial charge in [-0.15, -0.1) is 12.0 Å². The molecule has 0 aliphatic heterocycles. The summed E-state index contributed by atoms with van der Waals surface area (Å²) in [5.74, 6) is 4.10. The third kappa shape index (κ3) is 5.96. The van der Waals surface area contributed by atoms with E-state index in [4.69, 9.17) is 0 Å². The molecular weight excluding hydrogens is 474 g/mol. The van der Waals surface area contributed by atoms with Crippen molar-refractivity contribution in [3.63, 3.8) is 0 Å². The van der Waals surface area contributed by atoms with Gasteiger partial charge in [-0.1, -0.05) is 61.6 Å². The van der Waals surface area contributed by atoms with Crippen molar-refractivity contribution in [3.8, 4) is 0 Å². The second kappa shape index (κ2) is 12.4. The first-order valence-corrected chi connectivity index (χ1v) is 12.7. The van der Waals surface area contributed by atoms with Crippen molar-refractivity contribution in [1.82, 2.24) is 0 Å². The van der Waals surface area contributed by atoms with E-state index in [1.54, 1.807) is 38.6 Å². The average molecular weight is 510 g/mol. The molecule has 0 N–H and O–H groups in total. The van der Waals surface area contributed by atoms with E-state index in [9.17, 15) is 0 Å². The van der Waals surface area contributed by atoms with Crippen LogP contribution in [0.2, 0.25) is 0 Å². The van der Waals surface area contributed by atoms with Crippen molar-refractivity contribution >= 4 is 3.21 Å². The minimum atomic E-state index is 0. The Labute approximate surface area is 205 Å². The van der Waals surface area contributed by atoms with Gasteiger partial charge in [-0.25, -0.2) is 0 Å². The molecule has 0 radical (unpaired) electrons. The van der Waals surface area contributed by atoms with Gasteiger partial charge in [0, 0.05) is 0 Å². The average Bonchev–Trinajstić information content (AvgIpc) is 3.33. The van der Waals surface area contributed by atoms with Crippen molar-refractivity contribution in [2.45, 2.75) is 71.1 Å². The fourth-order valence-electron chi connectivity index (χ4n) is 6.19. The summed E-state index contributed by atoms with van der Waals surface area (Å²) in [7, 11) is 0. The molecule has 3 fully saturated rings. The molecule has 0 heterocycles. The van der Waals surface area contributed by atoms with Gasteiger partial charge in [0.2, 0.25) is 0 Å². The van der Waals surface area contributed by atoms with Crippen LogP contribution in [-0.2, 0) is 24.2 Å². The third-order valence-electron chi connectivity index (χ3n) is 7.53. The minimum absolute atomic E-state index is 0. The second-order valence-corrected chi connectivity index (χ2v) is 10.8. The Morgan fingerprint density at radius 2 is 1.76 bits per heavy atom. The van der Waals surface area contributed by atoms with Crippen LogP contribution in [0.1, 0.15) is 71.1 Å². The summed E-state index contributed by atoms with van der Waals surface area (Å²) < 4.78 is 1.80. The number of rotatable bonds is 2. The van der Waals surface area contributed by atoms with Crippen LogP contribution in [0.25, 0.3) is 0 Å². The first kappa shape index (κ1) is 25.6. The van der Waals surface area contributed by atoms with E-state index >= 15 is 0 Å². The Kier molecular flexibility index (Phi) is 10.9. The van der Waals surface area contributed by atoms with Crippen LogP contribution in [-0.4, -0.2) is 3.21 Å². The maximum atomic E-state index is 2.71. The second-order valence-electron chi connectivity index (χ2n) is 9.07. The van der Waals surface area contributed by atoms with Crippen LogP contribution < -0.4 is 24.8 Å². The Bertz CT molecular complexity index is 664. The molecule has 5 aliphatic rings. The first-order valence-electron chi connectivity index (χ1n) is 11.4. The van der Waals surface area contributed by atoms with Gasteiger partial charge in [0.15, 0.2) is 0 Å². The Hall–Kier alpha value is 0.293. The summed E-state index contributed by atoms with van der Waals surface area (Å²) in [4.78, 5) is 0. The molecular formula is C26H35Cl2Zr-. The number of hydrogen-bond acceptors (Lipinski definition) is 0. The summed E-state index contributed by atoms with van der Waals surface area (Å²) in [5, 5.41) is 0. The monoisotopic (exact) mass is 507 g/mol. The Morgan fingerprint density at radius 1 is 1.00 bits per heavy atom. The number of hydrogen-bond donors (Lipinski definition) is 0. The van der Waals surface area contributed by atoms with E-state index in [-0.39, 0.29) is 24.8 Å². The van der Waals surface area contributed by atoms with E-state index in [1.165, 1.54) is 64.2 Å². The van der Waals surface area contributed by atoms with Gasteiger partial charge in [0.05, 0.1) is 0 Å². The summed E-state index contributed by atoms with van der Waals surface area (Å²) in [6, 6.07) is 0. The van der Waals surface area contributed by atoms with Crippen LogP contribution in [0.15, 0.2) is 47.6 Å². The predicted octanol–water partition coefficient (Wildman–Crippen LogP) is 0.939. The van der Waals surface area contributed by atoms with Gasteiger partial charge in [0.1, 0.15) is 0 Å². The topological polar surface area (TPSA) is 0 Å². The summed E-state index contributed by atoms with van der Waals surface area (Å²) >= 11 is 1.69. The molecule has 0 aromatic heterocycles. The normalized spacial score (nSPS) is 34.6. The molecule has 3 heteroatoms. The third-order valence-corrected chi connectivity index (χ3v) is 8.76. The van der Waals surface area contributed by atoms with E-state index in [0.717, 1.165) is 29.6 Å². The zero-order chi connectivity index (χ0) is 18.6. The molecule has 0 bridgehead atoms. The van der Waals surface area contributed by atoms with Crippen molar-refractivity contribution in [2.24, 2.45) is 29.6 Å². The molecule has 29 heavy (non-hydrogen) atoms. The zero-order valence-electron chi connectivity index (χ0n) is 17.8. The summed E-state index contributed by atoms with van der Waals surface area (Å²) in [6.45, 7) is 2.31. The van der Waals surface area contributed by atoms with Gasteiger partial charge in [-0.05, 0) is 36.7 Å². The first-order chi connectivity index (χ1) is 13.3. The van der Waals surface area contributed by atoms with Crippen LogP contribution >= 0.6 is 0 Å². The van der Waals surface area contributed by atoms with E-state index in [0.29, 0.717) is 0 Å². The summed E-state index contributed by atoms with van der Waals surface area (Å²) in [5.41, 5.74) is 3.43. The van der Waals surface area contributed by atoms with E-state index in [1.807, 2.05) is 0 Å². The fourth-order valence-corrected chi connectivity index (χ4v) is 7.06. The van der Waals surface area contributed by atoms with Crippen molar-refractivity contribution in [1.29, 1.82) is 0 Å². The van der Waals surface area contributed by atoms with Crippen LogP contribution in [0.3, 0.4) is 0 Å². The Balaban J connectivity index is 0.000000287. The van der Waals surface area contributed by atoms with E-state index < -0.39 is 0 Å². The maximum absolute atomic E-state index is 2.71. The molecule has 5 aliphatic carbocycles. The molecule has 0 amide bonds. The number of fused-ring (bicyclic) bond motifs is 3. The van der Waals surface area contributed by atoms with Gasteiger partial charge in [0.25, 0.3) is 0 Å². The molecule has 158 valence electrons. The SMILES string of the molecule is CCC1=C(C2CCCC3C4C=CC=CC4[CH-]C23)CC=C1.[Cl-].[Cl-].[Zr+2]=[C]1CCCCC1. The molecule has 0 saturated heterocycles. The zero-order valence-corrected chi connectivity index (χ0v) is 21.7. The molecule has 0 aromatic carbocycles. The molecule has 3 saturated carbocycles. The number of halogens is 2. The standard InChI is InChI=1S/C20H25.C6H10.2ClH.Zr/c1-2-14-8-5-10-16(14)18-11-6-12-19-17-9-4-3-7-15(17)13-20(18)19;1-2-4-6-5-3-1;;;/h3-5,7-9,13,15,17-20H,2,6,10-12H2,1H3;1-5H2;2*1H;/q-1;;;;+2/p-2. The summed E-state index contributed by atoms with van der Waals surface area (Å²) in [6.07, 6.45) is 31.0. The van der Waals surface area contributed by atoms with Crippen LogP contribution in [0, 0.1) is 36.0 Å². The quantitative estimate of drug-likeness (QED) is 0.487. The van der Waals surface area contributed by atoms with Gasteiger partial charge >= 0.3 is 59.5 Å². The molecule has 5 atom stereocenters. The molecule has 5 unspecified atom stereocenters. The molecule has 5 rings (SSSR count). The molecule has 0 aromatic rings. The van der Waals surface area contributed by atoms with Crippen LogP contribution in [0.5, 0.6) is 0 Å². The Morgan fingerprint density at radius 3 is 2.45 bits per heavy atom. The van der Waals surface area contributed by atoms with Crippen molar-refractivity contribution < 1.29 is 49.0 Å². The molecule has 0 spiro atoms. The van der Waals surface area contributed by atoms with Crippen LogP contribution in [0.4, 0.5) is 0 Å².